The van der Waals surface area contributed by atoms with Gasteiger partial charge in [-0.3, -0.25) is 0 Å². The minimum absolute atomic E-state index is 0.720. The van der Waals surface area contributed by atoms with Gasteiger partial charge in [-0.25, -0.2) is 4.98 Å². The lowest BCUT2D eigenvalue weighted by Gasteiger charge is -2.07. The van der Waals surface area contributed by atoms with Crippen molar-refractivity contribution in [2.75, 3.05) is 12.4 Å². The van der Waals surface area contributed by atoms with Gasteiger partial charge in [0.2, 0.25) is 0 Å². The molecule has 0 bridgehead atoms. The van der Waals surface area contributed by atoms with Crippen LogP contribution in [-0.4, -0.2) is 12.1 Å². The summed E-state index contributed by atoms with van der Waals surface area (Å²) < 4.78 is 7.16. The number of nitrogens with zero attached hydrogens (tertiary/aromatic N) is 1. The van der Waals surface area contributed by atoms with E-state index < -0.39 is 0 Å². The molecule has 1 N–H and O–H groups in total. The van der Waals surface area contributed by atoms with E-state index in [9.17, 15) is 0 Å². The third-order valence-electron chi connectivity index (χ3n) is 2.78. The number of nitrogens with one attached hydrogen (secondary N) is 1. The van der Waals surface area contributed by atoms with Crippen LogP contribution in [0, 0.1) is 0 Å². The third kappa shape index (κ3) is 2.61. The Morgan fingerprint density at radius 3 is 2.90 bits per heavy atom. The van der Waals surface area contributed by atoms with E-state index in [1.807, 2.05) is 36.4 Å². The molecule has 0 aliphatic rings. The molecule has 0 saturated heterocycles. The highest BCUT2D eigenvalue weighted by Gasteiger charge is 2.09. The second-order valence-corrected chi connectivity index (χ2v) is 6.34. The van der Waals surface area contributed by atoms with Gasteiger partial charge in [-0.1, -0.05) is 29.0 Å². The molecule has 0 fully saturated rings. The first-order valence-electron chi connectivity index (χ1n) is 5.83. The zero-order valence-electron chi connectivity index (χ0n) is 10.5. The lowest BCUT2D eigenvalue weighted by molar-refractivity contribution is 0.415. The molecule has 6 heteroatoms. The number of fused-ring (bicyclic) bond motifs is 1. The molecule has 20 heavy (non-hydrogen) atoms. The molecule has 1 heterocycles. The van der Waals surface area contributed by atoms with Gasteiger partial charge in [0.1, 0.15) is 5.75 Å². The van der Waals surface area contributed by atoms with Crippen molar-refractivity contribution in [3.05, 3.63) is 45.9 Å². The van der Waals surface area contributed by atoms with Crippen LogP contribution in [0.2, 0.25) is 5.02 Å². The van der Waals surface area contributed by atoms with Gasteiger partial charge in [0, 0.05) is 10.5 Å². The smallest absolute Gasteiger partial charge is 0.188 e. The summed E-state index contributed by atoms with van der Waals surface area (Å²) in [5.74, 6) is 0.787. The molecule has 1 aromatic heterocycles. The molecule has 0 spiro atoms. The number of rotatable bonds is 3. The molecule has 3 rings (SSSR count). The summed E-state index contributed by atoms with van der Waals surface area (Å²) in [5, 5.41) is 4.80. The fourth-order valence-corrected chi connectivity index (χ4v) is 3.32. The third-order valence-corrected chi connectivity index (χ3v) is 4.92. The maximum absolute atomic E-state index is 6.17. The first-order valence-corrected chi connectivity index (χ1v) is 7.82. The largest absolute Gasteiger partial charge is 0.497 e. The molecule has 0 amide bonds. The van der Waals surface area contributed by atoms with E-state index in [1.54, 1.807) is 7.11 Å². The van der Waals surface area contributed by atoms with Gasteiger partial charge in [-0.2, -0.15) is 0 Å². The van der Waals surface area contributed by atoms with Crippen molar-refractivity contribution in [3.8, 4) is 5.75 Å². The normalized spacial score (nSPS) is 10.8. The monoisotopic (exact) mass is 368 g/mol. The molecular formula is C14H10BrClN2OS. The lowest BCUT2D eigenvalue weighted by Crippen LogP contribution is -1.92. The van der Waals surface area contributed by atoms with Gasteiger partial charge >= 0.3 is 0 Å². The number of hydrogen-bond donors (Lipinski definition) is 1. The number of ether oxygens (including phenoxy) is 1. The van der Waals surface area contributed by atoms with Gasteiger partial charge < -0.3 is 10.1 Å². The molecule has 2 aromatic carbocycles. The van der Waals surface area contributed by atoms with Crippen LogP contribution in [0.4, 0.5) is 10.8 Å². The molecule has 0 aliphatic heterocycles. The summed E-state index contributed by atoms with van der Waals surface area (Å²) >= 11 is 11.2. The Bertz CT molecular complexity index is 775. The van der Waals surface area contributed by atoms with Crippen molar-refractivity contribution in [3.63, 3.8) is 0 Å². The first kappa shape index (κ1) is 13.7. The Morgan fingerprint density at radius 1 is 1.30 bits per heavy atom. The summed E-state index contributed by atoms with van der Waals surface area (Å²) in [7, 11) is 1.64. The average molecular weight is 370 g/mol. The average Bonchev–Trinajstić information content (AvgIpc) is 2.85. The van der Waals surface area contributed by atoms with Crippen molar-refractivity contribution in [2.24, 2.45) is 0 Å². The molecule has 3 aromatic rings. The Hall–Kier alpha value is -1.30. The minimum atomic E-state index is 0.720. The molecule has 0 radical (unpaired) electrons. The summed E-state index contributed by atoms with van der Waals surface area (Å²) in [6.45, 7) is 0. The Labute approximate surface area is 133 Å². The lowest BCUT2D eigenvalue weighted by atomic mass is 10.3. The van der Waals surface area contributed by atoms with Gasteiger partial charge in [-0.05, 0) is 40.2 Å². The van der Waals surface area contributed by atoms with Crippen molar-refractivity contribution >= 4 is 59.9 Å². The highest BCUT2D eigenvalue weighted by atomic mass is 79.9. The molecule has 102 valence electrons. The fraction of sp³-hybridized carbons (Fsp3) is 0.0714. The highest BCUT2D eigenvalue weighted by Crippen LogP contribution is 2.35. The maximum atomic E-state index is 6.17. The zero-order chi connectivity index (χ0) is 14.1. The second kappa shape index (κ2) is 5.60. The van der Waals surface area contributed by atoms with Gasteiger partial charge in [0.25, 0.3) is 0 Å². The number of benzene rings is 2. The van der Waals surface area contributed by atoms with E-state index in [0.29, 0.717) is 0 Å². The standard InChI is InChI=1S/C14H10BrClN2OS/c1-19-8-5-6-9(15)12(7-8)18-14-17-11-4-2-3-10(16)13(11)20-14/h2-7H,1H3,(H,17,18). The molecule has 0 aliphatic carbocycles. The zero-order valence-corrected chi connectivity index (χ0v) is 13.6. The summed E-state index contributed by atoms with van der Waals surface area (Å²) in [6, 6.07) is 11.5. The molecular weight excluding hydrogens is 360 g/mol. The van der Waals surface area contributed by atoms with Gasteiger partial charge in [-0.15, -0.1) is 0 Å². The topological polar surface area (TPSA) is 34.1 Å². The van der Waals surface area contributed by atoms with Crippen LogP contribution < -0.4 is 10.1 Å². The minimum Gasteiger partial charge on any atom is -0.497 e. The first-order chi connectivity index (χ1) is 9.67. The summed E-state index contributed by atoms with van der Waals surface area (Å²) in [6.07, 6.45) is 0. The van der Waals surface area contributed by atoms with Crippen LogP contribution in [0.3, 0.4) is 0 Å². The second-order valence-electron chi connectivity index (χ2n) is 4.08. The van der Waals surface area contributed by atoms with Crippen molar-refractivity contribution in [1.29, 1.82) is 0 Å². The Kier molecular flexibility index (Phi) is 3.83. The van der Waals surface area contributed by atoms with Crippen LogP contribution in [0.25, 0.3) is 10.2 Å². The van der Waals surface area contributed by atoms with E-state index in [-0.39, 0.29) is 0 Å². The van der Waals surface area contributed by atoms with Crippen molar-refractivity contribution < 1.29 is 4.74 Å². The number of thiazole rings is 1. The Morgan fingerprint density at radius 2 is 2.15 bits per heavy atom. The van der Waals surface area contributed by atoms with Crippen LogP contribution >= 0.6 is 38.9 Å². The SMILES string of the molecule is COc1ccc(Br)c(Nc2nc3cccc(Cl)c3s2)c1. The van der Waals surface area contributed by atoms with Crippen LogP contribution in [-0.2, 0) is 0 Å². The van der Waals surface area contributed by atoms with E-state index in [1.165, 1.54) is 11.3 Å². The summed E-state index contributed by atoms with van der Waals surface area (Å²) in [5.41, 5.74) is 1.79. The quantitative estimate of drug-likeness (QED) is 0.665. The number of methoxy groups -OCH3 is 1. The number of aromatic nitrogens is 1. The number of hydrogen-bond acceptors (Lipinski definition) is 4. The molecule has 0 atom stereocenters. The van der Waals surface area contributed by atoms with Gasteiger partial charge in [0.15, 0.2) is 5.13 Å². The predicted octanol–water partition coefficient (Wildman–Crippen LogP) is 5.46. The van der Waals surface area contributed by atoms with Crippen LogP contribution in [0.5, 0.6) is 5.75 Å². The van der Waals surface area contributed by atoms with Crippen molar-refractivity contribution in [1.82, 2.24) is 4.98 Å². The molecule has 3 nitrogen and oxygen atoms in total. The van der Waals surface area contributed by atoms with Gasteiger partial charge in [0.05, 0.1) is 28.0 Å². The summed E-state index contributed by atoms with van der Waals surface area (Å²) in [4.78, 5) is 4.53. The molecule has 0 saturated carbocycles. The van der Waals surface area contributed by atoms with E-state index in [4.69, 9.17) is 16.3 Å². The fourth-order valence-electron chi connectivity index (χ4n) is 1.81. The highest BCUT2D eigenvalue weighted by molar-refractivity contribution is 9.10. The molecule has 0 unspecified atom stereocenters. The van der Waals surface area contributed by atoms with Crippen molar-refractivity contribution in [2.45, 2.75) is 0 Å². The number of halogens is 2. The maximum Gasteiger partial charge on any atom is 0.188 e. The van der Waals surface area contributed by atoms with E-state index in [0.717, 1.165) is 36.3 Å². The Balaban J connectivity index is 1.99. The van der Waals surface area contributed by atoms with E-state index >= 15 is 0 Å². The predicted molar refractivity (Wildman–Crippen MR) is 88.6 cm³/mol. The van der Waals surface area contributed by atoms with Crippen LogP contribution in [0.15, 0.2) is 40.9 Å². The van der Waals surface area contributed by atoms with Crippen LogP contribution in [0.1, 0.15) is 0 Å². The number of anilines is 2. The van der Waals surface area contributed by atoms with E-state index in [2.05, 4.69) is 26.2 Å².